The van der Waals surface area contributed by atoms with Crippen LogP contribution < -0.4 is 0 Å². The van der Waals surface area contributed by atoms with Gasteiger partial charge in [-0.1, -0.05) is 25.7 Å². The number of aromatic amines is 1. The number of hydrogen-bond donors (Lipinski definition) is 1. The summed E-state index contributed by atoms with van der Waals surface area (Å²) in [7, 11) is 0. The van der Waals surface area contributed by atoms with Gasteiger partial charge in [0.25, 0.3) is 0 Å². The molecule has 2 heterocycles. The Morgan fingerprint density at radius 1 is 1.29 bits per heavy atom. The molecule has 4 heteroatoms. The summed E-state index contributed by atoms with van der Waals surface area (Å²) in [6, 6.07) is 4.09. The first-order chi connectivity index (χ1) is 10.2. The van der Waals surface area contributed by atoms with Crippen molar-refractivity contribution < 1.29 is 4.74 Å². The third-order valence-corrected chi connectivity index (χ3v) is 4.28. The molecule has 1 fully saturated rings. The third kappa shape index (κ3) is 3.87. The fraction of sp³-hybridized carbons (Fsp3) is 0.471. The number of fused-ring (bicyclic) bond motifs is 1. The summed E-state index contributed by atoms with van der Waals surface area (Å²) in [4.78, 5) is 0. The Kier molecular flexibility index (Phi) is 5.44. The van der Waals surface area contributed by atoms with Gasteiger partial charge >= 0.3 is 0 Å². The van der Waals surface area contributed by atoms with Crippen molar-refractivity contribution in [3.8, 4) is 11.8 Å². The van der Waals surface area contributed by atoms with Gasteiger partial charge in [0, 0.05) is 34.1 Å². The Balaban J connectivity index is 0.000000774. The van der Waals surface area contributed by atoms with E-state index in [1.54, 1.807) is 0 Å². The number of halogens is 1. The van der Waals surface area contributed by atoms with Crippen LogP contribution >= 0.6 is 15.9 Å². The average molecular weight is 349 g/mol. The summed E-state index contributed by atoms with van der Waals surface area (Å²) in [5, 5.41) is 8.10. The summed E-state index contributed by atoms with van der Waals surface area (Å²) in [6.07, 6.45) is 3.82. The largest absolute Gasteiger partial charge is 0.381 e. The molecule has 1 aliphatic rings. The number of benzene rings is 1. The van der Waals surface area contributed by atoms with Crippen molar-refractivity contribution in [3.63, 3.8) is 0 Å². The molecule has 0 unspecified atom stereocenters. The van der Waals surface area contributed by atoms with E-state index in [0.717, 1.165) is 47.0 Å². The van der Waals surface area contributed by atoms with E-state index in [0.29, 0.717) is 0 Å². The lowest BCUT2D eigenvalue weighted by molar-refractivity contribution is 0.0487. The minimum absolute atomic E-state index is 0.0701. The van der Waals surface area contributed by atoms with Crippen molar-refractivity contribution in [1.82, 2.24) is 10.2 Å². The SMILES string of the molecule is CC.CC1(C#Cc2cc3[nH]ncc3cc2Br)CCOCC1. The van der Waals surface area contributed by atoms with Gasteiger partial charge in [0.2, 0.25) is 0 Å². The number of aromatic nitrogens is 2. The van der Waals surface area contributed by atoms with Crippen molar-refractivity contribution in [2.24, 2.45) is 5.41 Å². The van der Waals surface area contributed by atoms with E-state index in [1.165, 1.54) is 0 Å². The maximum Gasteiger partial charge on any atom is 0.0663 e. The molecule has 0 saturated carbocycles. The lowest BCUT2D eigenvalue weighted by Gasteiger charge is -2.28. The number of ether oxygens (including phenoxy) is 1. The minimum Gasteiger partial charge on any atom is -0.381 e. The van der Waals surface area contributed by atoms with Gasteiger partial charge in [-0.15, -0.1) is 0 Å². The first-order valence-corrected chi connectivity index (χ1v) is 8.19. The van der Waals surface area contributed by atoms with Crippen LogP contribution in [0, 0.1) is 17.3 Å². The predicted octanol–water partition coefficient (Wildman–Crippen LogP) is 4.52. The molecule has 3 rings (SSSR count). The van der Waals surface area contributed by atoms with E-state index in [1.807, 2.05) is 26.1 Å². The summed E-state index contributed by atoms with van der Waals surface area (Å²) < 4.78 is 6.42. The van der Waals surface area contributed by atoms with E-state index < -0.39 is 0 Å². The molecule has 2 aromatic rings. The van der Waals surface area contributed by atoms with E-state index >= 15 is 0 Å². The first kappa shape index (κ1) is 16.1. The molecule has 0 radical (unpaired) electrons. The second-order valence-corrected chi connectivity index (χ2v) is 6.07. The van der Waals surface area contributed by atoms with Crippen LogP contribution in [0.15, 0.2) is 22.8 Å². The average Bonchev–Trinajstić information content (AvgIpc) is 2.95. The van der Waals surface area contributed by atoms with Crippen molar-refractivity contribution in [2.45, 2.75) is 33.6 Å². The zero-order valence-corrected chi connectivity index (χ0v) is 14.4. The molecular weight excluding hydrogens is 328 g/mol. The molecule has 0 aliphatic carbocycles. The fourth-order valence-corrected chi connectivity index (χ4v) is 2.68. The normalized spacial score (nSPS) is 16.6. The van der Waals surface area contributed by atoms with Gasteiger partial charge in [0.1, 0.15) is 0 Å². The Hall–Kier alpha value is -1.31. The second kappa shape index (κ2) is 7.11. The summed E-state index contributed by atoms with van der Waals surface area (Å²) in [6.45, 7) is 7.84. The molecule has 112 valence electrons. The third-order valence-electron chi connectivity index (χ3n) is 3.62. The highest BCUT2D eigenvalue weighted by Gasteiger charge is 2.24. The molecule has 21 heavy (non-hydrogen) atoms. The summed E-state index contributed by atoms with van der Waals surface area (Å²) >= 11 is 3.58. The molecule has 0 amide bonds. The molecule has 0 spiro atoms. The topological polar surface area (TPSA) is 37.9 Å². The fourth-order valence-electron chi connectivity index (χ4n) is 2.22. The predicted molar refractivity (Wildman–Crippen MR) is 90.2 cm³/mol. The molecule has 0 atom stereocenters. The van der Waals surface area contributed by atoms with Crippen molar-refractivity contribution in [1.29, 1.82) is 0 Å². The quantitative estimate of drug-likeness (QED) is 0.710. The smallest absolute Gasteiger partial charge is 0.0663 e. The van der Waals surface area contributed by atoms with Gasteiger partial charge in [-0.2, -0.15) is 5.10 Å². The van der Waals surface area contributed by atoms with Crippen LogP contribution in [-0.4, -0.2) is 23.4 Å². The van der Waals surface area contributed by atoms with E-state index in [-0.39, 0.29) is 5.41 Å². The highest BCUT2D eigenvalue weighted by atomic mass is 79.9. The van der Waals surface area contributed by atoms with Crippen LogP contribution in [0.25, 0.3) is 10.9 Å². The molecule has 1 saturated heterocycles. The zero-order chi connectivity index (χ0) is 15.3. The minimum atomic E-state index is 0.0701. The molecule has 1 aliphatic heterocycles. The van der Waals surface area contributed by atoms with Gasteiger partial charge in [-0.25, -0.2) is 0 Å². The highest BCUT2D eigenvalue weighted by molar-refractivity contribution is 9.10. The van der Waals surface area contributed by atoms with Crippen LogP contribution in [0.5, 0.6) is 0 Å². The van der Waals surface area contributed by atoms with Gasteiger partial charge in [-0.05, 0) is 47.8 Å². The Bertz CT molecular complexity index is 660. The number of nitrogens with zero attached hydrogens (tertiary/aromatic N) is 1. The van der Waals surface area contributed by atoms with Crippen LogP contribution in [0.4, 0.5) is 0 Å². The van der Waals surface area contributed by atoms with Crippen LogP contribution in [-0.2, 0) is 4.74 Å². The molecule has 3 nitrogen and oxygen atoms in total. The number of rotatable bonds is 0. The second-order valence-electron chi connectivity index (χ2n) is 5.21. The van der Waals surface area contributed by atoms with E-state index in [2.05, 4.69) is 51.0 Å². The molecule has 1 aromatic carbocycles. The molecular formula is C17H21BrN2O. The van der Waals surface area contributed by atoms with E-state index in [4.69, 9.17) is 4.74 Å². The van der Waals surface area contributed by atoms with Crippen LogP contribution in [0.2, 0.25) is 0 Å². The van der Waals surface area contributed by atoms with E-state index in [9.17, 15) is 0 Å². The van der Waals surface area contributed by atoms with Gasteiger partial charge in [0.05, 0.1) is 11.7 Å². The van der Waals surface area contributed by atoms with Crippen molar-refractivity contribution in [2.75, 3.05) is 13.2 Å². The standard InChI is InChI=1S/C15H15BrN2O.C2H6/c1-15(4-6-19-7-5-15)3-2-11-9-14-12(8-13(11)16)10-17-18-14;1-2/h8-10H,4-7H2,1H3,(H,17,18);1-2H3. The van der Waals surface area contributed by atoms with Gasteiger partial charge in [-0.3, -0.25) is 5.10 Å². The van der Waals surface area contributed by atoms with Crippen LogP contribution in [0.1, 0.15) is 39.2 Å². The molecule has 1 aromatic heterocycles. The van der Waals surface area contributed by atoms with Gasteiger partial charge < -0.3 is 4.74 Å². The monoisotopic (exact) mass is 348 g/mol. The zero-order valence-electron chi connectivity index (χ0n) is 12.8. The maximum absolute atomic E-state index is 5.40. The first-order valence-electron chi connectivity index (χ1n) is 7.40. The molecule has 0 bridgehead atoms. The number of hydrogen-bond acceptors (Lipinski definition) is 2. The van der Waals surface area contributed by atoms with Crippen molar-refractivity contribution in [3.05, 3.63) is 28.4 Å². The maximum atomic E-state index is 5.40. The van der Waals surface area contributed by atoms with Crippen molar-refractivity contribution >= 4 is 26.8 Å². The summed E-state index contributed by atoms with van der Waals surface area (Å²) in [5.74, 6) is 6.72. The summed E-state index contributed by atoms with van der Waals surface area (Å²) in [5.41, 5.74) is 2.09. The highest BCUT2D eigenvalue weighted by Crippen LogP contribution is 2.29. The number of nitrogens with one attached hydrogen (secondary N) is 1. The lowest BCUT2D eigenvalue weighted by atomic mass is 9.83. The lowest BCUT2D eigenvalue weighted by Crippen LogP contribution is -2.24. The Morgan fingerprint density at radius 2 is 2.00 bits per heavy atom. The molecule has 1 N–H and O–H groups in total. The Labute approximate surface area is 134 Å². The number of H-pyrrole nitrogens is 1. The van der Waals surface area contributed by atoms with Gasteiger partial charge in [0.15, 0.2) is 0 Å². The Morgan fingerprint density at radius 3 is 2.71 bits per heavy atom. The van der Waals surface area contributed by atoms with Crippen LogP contribution in [0.3, 0.4) is 0 Å².